The summed E-state index contributed by atoms with van der Waals surface area (Å²) in [4.78, 5) is 40.7. The van der Waals surface area contributed by atoms with Gasteiger partial charge in [-0.05, 0) is 30.4 Å². The molecule has 0 aromatic carbocycles. The van der Waals surface area contributed by atoms with E-state index in [-0.39, 0.29) is 35.5 Å². The fourth-order valence-corrected chi connectivity index (χ4v) is 3.68. The third-order valence-corrected chi connectivity index (χ3v) is 4.63. The number of fused-ring (bicyclic) bond motifs is 5. The number of hydrogen-bond acceptors (Lipinski definition) is 4. The Morgan fingerprint density at radius 2 is 1.67 bits per heavy atom. The second-order valence-electron chi connectivity index (χ2n) is 5.69. The molecule has 1 saturated heterocycles. The van der Waals surface area contributed by atoms with Crippen molar-refractivity contribution >= 4 is 17.7 Å². The first-order valence-electron chi connectivity index (χ1n) is 6.94. The number of carbonyl (C=O) groups is 3. The lowest BCUT2D eigenvalue weighted by atomic mass is 9.85. The molecular formula is C15H13N3O3. The van der Waals surface area contributed by atoms with Crippen LogP contribution >= 0.6 is 0 Å². The molecular weight excluding hydrogens is 270 g/mol. The number of imide groups is 1. The highest BCUT2D eigenvalue weighted by molar-refractivity contribution is 6.08. The molecule has 2 aliphatic carbocycles. The van der Waals surface area contributed by atoms with Gasteiger partial charge in [-0.2, -0.15) is 5.01 Å². The summed E-state index contributed by atoms with van der Waals surface area (Å²) in [7, 11) is 0. The third-order valence-electron chi connectivity index (χ3n) is 4.63. The van der Waals surface area contributed by atoms with Gasteiger partial charge >= 0.3 is 0 Å². The van der Waals surface area contributed by atoms with Crippen LogP contribution in [0.15, 0.2) is 36.7 Å². The number of hydrazine groups is 1. The monoisotopic (exact) mass is 283 g/mol. The van der Waals surface area contributed by atoms with Crippen LogP contribution in [0.2, 0.25) is 0 Å². The first-order valence-corrected chi connectivity index (χ1v) is 6.94. The fourth-order valence-electron chi connectivity index (χ4n) is 3.68. The first-order chi connectivity index (χ1) is 10.2. The maximum Gasteiger partial charge on any atom is 0.270 e. The zero-order chi connectivity index (χ0) is 14.6. The zero-order valence-electron chi connectivity index (χ0n) is 11.1. The number of allylic oxidation sites excluding steroid dienone is 2. The summed E-state index contributed by atoms with van der Waals surface area (Å²) in [5, 5.41) is 0.907. The summed E-state index contributed by atoms with van der Waals surface area (Å²) < 4.78 is 0. The van der Waals surface area contributed by atoms with Gasteiger partial charge in [0.15, 0.2) is 0 Å². The minimum absolute atomic E-state index is 0.138. The zero-order valence-corrected chi connectivity index (χ0v) is 11.1. The molecule has 21 heavy (non-hydrogen) atoms. The van der Waals surface area contributed by atoms with E-state index in [0.29, 0.717) is 5.56 Å². The van der Waals surface area contributed by atoms with Crippen molar-refractivity contribution in [3.8, 4) is 0 Å². The van der Waals surface area contributed by atoms with Crippen molar-refractivity contribution in [1.29, 1.82) is 0 Å². The molecule has 1 aliphatic heterocycles. The Morgan fingerprint density at radius 1 is 1.10 bits per heavy atom. The maximum atomic E-state index is 12.4. The van der Waals surface area contributed by atoms with Crippen molar-refractivity contribution < 1.29 is 14.4 Å². The normalized spacial score (nSPS) is 32.7. The summed E-state index contributed by atoms with van der Waals surface area (Å²) in [5.74, 6) is -1.37. The van der Waals surface area contributed by atoms with Crippen molar-refractivity contribution in [2.75, 3.05) is 0 Å². The summed E-state index contributed by atoms with van der Waals surface area (Å²) in [5.41, 5.74) is 2.80. The molecule has 106 valence electrons. The second kappa shape index (κ2) is 4.25. The van der Waals surface area contributed by atoms with Gasteiger partial charge in [0.2, 0.25) is 0 Å². The van der Waals surface area contributed by atoms with Gasteiger partial charge in [-0.1, -0.05) is 12.2 Å². The minimum atomic E-state index is -0.473. The molecule has 2 bridgehead atoms. The van der Waals surface area contributed by atoms with Crippen molar-refractivity contribution in [2.24, 2.45) is 23.7 Å². The third kappa shape index (κ3) is 1.65. The van der Waals surface area contributed by atoms with E-state index in [4.69, 9.17) is 0 Å². The van der Waals surface area contributed by atoms with Crippen LogP contribution in [0.1, 0.15) is 16.8 Å². The molecule has 0 spiro atoms. The van der Waals surface area contributed by atoms with E-state index in [1.54, 1.807) is 0 Å². The number of nitrogens with one attached hydrogen (secondary N) is 1. The van der Waals surface area contributed by atoms with Crippen LogP contribution < -0.4 is 5.43 Å². The summed E-state index contributed by atoms with van der Waals surface area (Å²) in [6.45, 7) is 0. The number of carbonyl (C=O) groups excluding carboxylic acids is 3. The highest BCUT2D eigenvalue weighted by Gasteiger charge is 2.59. The highest BCUT2D eigenvalue weighted by Crippen LogP contribution is 2.52. The van der Waals surface area contributed by atoms with Crippen LogP contribution in [0.4, 0.5) is 0 Å². The summed E-state index contributed by atoms with van der Waals surface area (Å²) in [6.07, 6.45) is 7.89. The Labute approximate surface area is 120 Å². The largest absolute Gasteiger partial charge is 0.272 e. The number of aromatic nitrogens is 1. The van der Waals surface area contributed by atoms with Crippen LogP contribution in [0, 0.1) is 23.7 Å². The van der Waals surface area contributed by atoms with E-state index < -0.39 is 5.91 Å². The van der Waals surface area contributed by atoms with E-state index in [0.717, 1.165) is 11.4 Å². The van der Waals surface area contributed by atoms with E-state index in [1.807, 2.05) is 12.2 Å². The van der Waals surface area contributed by atoms with E-state index >= 15 is 0 Å². The predicted molar refractivity (Wildman–Crippen MR) is 71.3 cm³/mol. The molecule has 3 amide bonds. The minimum Gasteiger partial charge on any atom is -0.272 e. The average Bonchev–Trinajstić information content (AvgIpc) is 3.18. The Balaban J connectivity index is 1.56. The van der Waals surface area contributed by atoms with Gasteiger partial charge in [0.1, 0.15) is 0 Å². The van der Waals surface area contributed by atoms with Gasteiger partial charge in [0.25, 0.3) is 17.7 Å². The Bertz CT molecular complexity index is 640. The number of hydrogen-bond donors (Lipinski definition) is 1. The number of pyridine rings is 1. The Morgan fingerprint density at radius 3 is 2.24 bits per heavy atom. The molecule has 1 saturated carbocycles. The molecule has 1 N–H and O–H groups in total. The van der Waals surface area contributed by atoms with E-state index in [9.17, 15) is 14.4 Å². The standard InChI is InChI=1S/C15H13N3O3/c19-13(8-3-5-16-6-4-8)17-18-14(20)11-9-1-2-10(7-9)12(11)15(18)21/h1-6,9-12H,7H2,(H,17,19)/t9-,10-,11+,12+/m1/s1. The smallest absolute Gasteiger partial charge is 0.270 e. The molecule has 4 atom stereocenters. The number of amides is 3. The molecule has 3 aliphatic rings. The first kappa shape index (κ1) is 12.3. The van der Waals surface area contributed by atoms with Gasteiger partial charge in [-0.15, -0.1) is 0 Å². The number of rotatable bonds is 2. The van der Waals surface area contributed by atoms with E-state index in [2.05, 4.69) is 10.4 Å². The molecule has 1 aromatic rings. The molecule has 0 radical (unpaired) electrons. The van der Waals surface area contributed by atoms with Crippen LogP contribution in [0.3, 0.4) is 0 Å². The van der Waals surface area contributed by atoms with Gasteiger partial charge in [-0.25, -0.2) is 0 Å². The SMILES string of the molecule is O=C(NN1C(=O)[C@@H]2[C@@H](C1=O)[C@@H]1C=C[C@@H]2C1)c1ccncc1. The van der Waals surface area contributed by atoms with Crippen molar-refractivity contribution in [3.05, 3.63) is 42.2 Å². The maximum absolute atomic E-state index is 12.4. The van der Waals surface area contributed by atoms with E-state index in [1.165, 1.54) is 24.5 Å². The topological polar surface area (TPSA) is 79.4 Å². The van der Waals surface area contributed by atoms with Crippen LogP contribution in [0.5, 0.6) is 0 Å². The second-order valence-corrected chi connectivity index (χ2v) is 5.69. The van der Waals surface area contributed by atoms with Crippen molar-refractivity contribution in [2.45, 2.75) is 6.42 Å². The average molecular weight is 283 g/mol. The molecule has 4 rings (SSSR count). The molecule has 1 aromatic heterocycles. The van der Waals surface area contributed by atoms with Gasteiger partial charge in [0, 0.05) is 18.0 Å². The van der Waals surface area contributed by atoms with Crippen LogP contribution in [-0.2, 0) is 9.59 Å². The number of nitrogens with zero attached hydrogens (tertiary/aromatic N) is 2. The molecule has 0 unspecified atom stereocenters. The van der Waals surface area contributed by atoms with Crippen molar-refractivity contribution in [1.82, 2.24) is 15.4 Å². The van der Waals surface area contributed by atoms with Gasteiger partial charge in [-0.3, -0.25) is 24.8 Å². The van der Waals surface area contributed by atoms with Crippen LogP contribution in [0.25, 0.3) is 0 Å². The molecule has 6 heteroatoms. The molecule has 6 nitrogen and oxygen atoms in total. The summed E-state index contributed by atoms with van der Waals surface area (Å²) in [6, 6.07) is 3.07. The Kier molecular flexibility index (Phi) is 2.48. The molecule has 2 heterocycles. The lowest BCUT2D eigenvalue weighted by Gasteiger charge is -2.17. The van der Waals surface area contributed by atoms with Crippen molar-refractivity contribution in [3.63, 3.8) is 0 Å². The van der Waals surface area contributed by atoms with Gasteiger partial charge < -0.3 is 0 Å². The van der Waals surface area contributed by atoms with Crippen LogP contribution in [-0.4, -0.2) is 27.7 Å². The Hall–Kier alpha value is -2.50. The molecule has 2 fully saturated rings. The fraction of sp³-hybridized carbons (Fsp3) is 0.333. The lowest BCUT2D eigenvalue weighted by Crippen LogP contribution is -2.47. The quantitative estimate of drug-likeness (QED) is 0.634. The lowest BCUT2D eigenvalue weighted by molar-refractivity contribution is -0.143. The van der Waals surface area contributed by atoms with Gasteiger partial charge in [0.05, 0.1) is 11.8 Å². The summed E-state index contributed by atoms with van der Waals surface area (Å²) >= 11 is 0. The highest BCUT2D eigenvalue weighted by atomic mass is 16.2. The predicted octanol–water partition coefficient (Wildman–Crippen LogP) is 0.533.